The Morgan fingerprint density at radius 3 is 2.18 bits per heavy atom. The highest BCUT2D eigenvalue weighted by Gasteiger charge is 2.24. The number of ether oxygens (including phenoxy) is 1. The van der Waals surface area contributed by atoms with Crippen molar-refractivity contribution < 1.29 is 14.6 Å². The van der Waals surface area contributed by atoms with Gasteiger partial charge in [0, 0.05) is 11.1 Å². The van der Waals surface area contributed by atoms with Gasteiger partial charge in [-0.3, -0.25) is 4.79 Å². The van der Waals surface area contributed by atoms with Crippen LogP contribution < -0.4 is 0 Å². The lowest BCUT2D eigenvalue weighted by Crippen LogP contribution is -2.17. The molecule has 0 aliphatic rings. The van der Waals surface area contributed by atoms with Crippen LogP contribution in [0, 0.1) is 0 Å². The minimum absolute atomic E-state index is 0.0152. The van der Waals surface area contributed by atoms with Gasteiger partial charge in [0.15, 0.2) is 0 Å². The number of benzene rings is 1. The van der Waals surface area contributed by atoms with Crippen LogP contribution in [0.25, 0.3) is 6.08 Å². The van der Waals surface area contributed by atoms with E-state index in [4.69, 9.17) is 0 Å². The molecule has 122 valence electrons. The number of carbonyl (C=O) groups excluding carboxylic acids is 1. The number of phenols is 1. The Morgan fingerprint density at radius 1 is 1.14 bits per heavy atom. The first-order chi connectivity index (χ1) is 9.96. The predicted molar refractivity (Wildman–Crippen MR) is 91.2 cm³/mol. The first-order valence-electron chi connectivity index (χ1n) is 7.58. The van der Waals surface area contributed by atoms with Crippen LogP contribution in [0.15, 0.2) is 18.2 Å². The van der Waals surface area contributed by atoms with E-state index < -0.39 is 0 Å². The van der Waals surface area contributed by atoms with Gasteiger partial charge in [-0.15, -0.1) is 0 Å². The van der Waals surface area contributed by atoms with E-state index in [2.05, 4.69) is 52.3 Å². The van der Waals surface area contributed by atoms with Crippen LogP contribution in [0.3, 0.4) is 0 Å². The van der Waals surface area contributed by atoms with Crippen molar-refractivity contribution in [2.45, 2.75) is 58.8 Å². The summed E-state index contributed by atoms with van der Waals surface area (Å²) in [6, 6.07) is 4.06. The standard InChI is InChI=1S/C19H28O3/c1-18(2,3)14-11-13(9-8-10-16(20)22-7)17(21)15(12-14)19(4,5)6/h8-9,11-12,21H,10H2,1-7H3. The van der Waals surface area contributed by atoms with E-state index in [9.17, 15) is 9.90 Å². The second kappa shape index (κ2) is 6.55. The van der Waals surface area contributed by atoms with Crippen LogP contribution >= 0.6 is 0 Å². The number of phenolic OH excluding ortho intramolecular Hbond substituents is 1. The molecule has 22 heavy (non-hydrogen) atoms. The quantitative estimate of drug-likeness (QED) is 0.832. The molecule has 0 radical (unpaired) electrons. The molecular weight excluding hydrogens is 276 g/mol. The molecule has 0 saturated heterocycles. The lowest BCUT2D eigenvalue weighted by Gasteiger charge is -2.27. The van der Waals surface area contributed by atoms with Gasteiger partial charge in [0.2, 0.25) is 0 Å². The van der Waals surface area contributed by atoms with E-state index in [1.54, 1.807) is 12.2 Å². The van der Waals surface area contributed by atoms with E-state index in [0.29, 0.717) is 0 Å². The average Bonchev–Trinajstić information content (AvgIpc) is 2.37. The van der Waals surface area contributed by atoms with Gasteiger partial charge >= 0.3 is 5.97 Å². The third kappa shape index (κ3) is 4.62. The fraction of sp³-hybridized carbons (Fsp3) is 0.526. The molecule has 0 atom stereocenters. The van der Waals surface area contributed by atoms with Crippen molar-refractivity contribution in [1.29, 1.82) is 0 Å². The van der Waals surface area contributed by atoms with E-state index in [1.165, 1.54) is 7.11 Å². The van der Waals surface area contributed by atoms with Crippen LogP contribution in [-0.2, 0) is 20.4 Å². The maximum absolute atomic E-state index is 11.2. The minimum atomic E-state index is -0.293. The number of hydrogen-bond donors (Lipinski definition) is 1. The molecule has 0 bridgehead atoms. The Balaban J connectivity index is 3.34. The second-order valence-electron chi connectivity index (χ2n) is 7.64. The molecule has 0 aliphatic carbocycles. The molecule has 3 nitrogen and oxygen atoms in total. The summed E-state index contributed by atoms with van der Waals surface area (Å²) in [5.74, 6) is -0.0135. The Morgan fingerprint density at radius 2 is 1.73 bits per heavy atom. The molecule has 0 saturated carbocycles. The SMILES string of the molecule is COC(=O)CC=Cc1cc(C(C)(C)C)cc(C(C)(C)C)c1O. The van der Waals surface area contributed by atoms with Gasteiger partial charge < -0.3 is 9.84 Å². The van der Waals surface area contributed by atoms with Crippen molar-refractivity contribution >= 4 is 12.0 Å². The van der Waals surface area contributed by atoms with Crippen molar-refractivity contribution in [1.82, 2.24) is 0 Å². The van der Waals surface area contributed by atoms with Gasteiger partial charge in [-0.25, -0.2) is 0 Å². The van der Waals surface area contributed by atoms with E-state index in [0.717, 1.165) is 16.7 Å². The Kier molecular flexibility index (Phi) is 5.44. The topological polar surface area (TPSA) is 46.5 Å². The Hall–Kier alpha value is -1.77. The van der Waals surface area contributed by atoms with Gasteiger partial charge in [0.25, 0.3) is 0 Å². The van der Waals surface area contributed by atoms with Crippen LogP contribution in [0.1, 0.15) is 64.7 Å². The number of methoxy groups -OCH3 is 1. The summed E-state index contributed by atoms with van der Waals surface area (Å²) in [7, 11) is 1.37. The summed E-state index contributed by atoms with van der Waals surface area (Å²) in [5.41, 5.74) is 2.64. The first-order valence-corrected chi connectivity index (χ1v) is 7.58. The predicted octanol–water partition coefficient (Wildman–Crippen LogP) is 4.56. The third-order valence-electron chi connectivity index (χ3n) is 3.62. The number of carbonyl (C=O) groups is 1. The molecule has 1 rings (SSSR count). The van der Waals surface area contributed by atoms with Crippen molar-refractivity contribution in [3.05, 3.63) is 34.9 Å². The van der Waals surface area contributed by atoms with Gasteiger partial charge in [-0.1, -0.05) is 59.8 Å². The van der Waals surface area contributed by atoms with Crippen LogP contribution in [0.2, 0.25) is 0 Å². The van der Waals surface area contributed by atoms with E-state index in [1.807, 2.05) is 6.07 Å². The normalized spacial score (nSPS) is 12.7. The summed E-state index contributed by atoms with van der Waals surface area (Å²) in [4.78, 5) is 11.2. The lowest BCUT2D eigenvalue weighted by atomic mass is 9.79. The van der Waals surface area contributed by atoms with Crippen LogP contribution in [0.5, 0.6) is 5.75 Å². The van der Waals surface area contributed by atoms with Crippen molar-refractivity contribution in [3.63, 3.8) is 0 Å². The van der Waals surface area contributed by atoms with E-state index in [-0.39, 0.29) is 29.0 Å². The summed E-state index contributed by atoms with van der Waals surface area (Å²) in [5, 5.41) is 10.6. The number of rotatable bonds is 3. The molecule has 1 aromatic rings. The monoisotopic (exact) mass is 304 g/mol. The van der Waals surface area contributed by atoms with E-state index >= 15 is 0 Å². The lowest BCUT2D eigenvalue weighted by molar-refractivity contribution is -0.139. The highest BCUT2D eigenvalue weighted by atomic mass is 16.5. The molecule has 3 heteroatoms. The van der Waals surface area contributed by atoms with Gasteiger partial charge in [-0.05, 0) is 22.5 Å². The largest absolute Gasteiger partial charge is 0.507 e. The molecule has 0 spiro atoms. The second-order valence-corrected chi connectivity index (χ2v) is 7.64. The third-order valence-corrected chi connectivity index (χ3v) is 3.62. The zero-order valence-corrected chi connectivity index (χ0v) is 14.8. The molecule has 0 amide bonds. The molecule has 1 aromatic carbocycles. The maximum atomic E-state index is 11.2. The zero-order chi connectivity index (χ0) is 17.1. The molecule has 0 unspecified atom stereocenters. The zero-order valence-electron chi connectivity index (χ0n) is 14.8. The number of aromatic hydroxyl groups is 1. The fourth-order valence-electron chi connectivity index (χ4n) is 2.15. The molecule has 0 fully saturated rings. The average molecular weight is 304 g/mol. The van der Waals surface area contributed by atoms with Gasteiger partial charge in [0.1, 0.15) is 5.75 Å². The van der Waals surface area contributed by atoms with Gasteiger partial charge in [0.05, 0.1) is 13.5 Å². The molecule has 0 aromatic heterocycles. The number of esters is 1. The smallest absolute Gasteiger partial charge is 0.309 e. The minimum Gasteiger partial charge on any atom is -0.507 e. The summed E-state index contributed by atoms with van der Waals surface area (Å²) >= 11 is 0. The first kappa shape index (κ1) is 18.3. The number of hydrogen-bond acceptors (Lipinski definition) is 3. The Labute approximate surface area is 134 Å². The molecule has 0 aliphatic heterocycles. The van der Waals surface area contributed by atoms with Crippen molar-refractivity contribution in [2.75, 3.05) is 7.11 Å². The maximum Gasteiger partial charge on any atom is 0.309 e. The highest BCUT2D eigenvalue weighted by molar-refractivity contribution is 5.73. The fourth-order valence-corrected chi connectivity index (χ4v) is 2.15. The Bertz CT molecular complexity index is 570. The molecule has 0 heterocycles. The summed E-state index contributed by atoms with van der Waals surface area (Å²) < 4.78 is 4.62. The van der Waals surface area contributed by atoms with Gasteiger partial charge in [-0.2, -0.15) is 0 Å². The van der Waals surface area contributed by atoms with Crippen LogP contribution in [0.4, 0.5) is 0 Å². The van der Waals surface area contributed by atoms with Crippen LogP contribution in [-0.4, -0.2) is 18.2 Å². The molecular formula is C19H28O3. The summed E-state index contributed by atoms with van der Waals surface area (Å²) in [6.07, 6.45) is 3.71. The van der Waals surface area contributed by atoms with Crippen molar-refractivity contribution in [3.8, 4) is 5.75 Å². The van der Waals surface area contributed by atoms with Crippen molar-refractivity contribution in [2.24, 2.45) is 0 Å². The summed E-state index contributed by atoms with van der Waals surface area (Å²) in [6.45, 7) is 12.7. The molecule has 1 N–H and O–H groups in total. The highest BCUT2D eigenvalue weighted by Crippen LogP contribution is 2.38.